The monoisotopic (exact) mass is 405 g/mol. The van der Waals surface area contributed by atoms with Gasteiger partial charge in [-0.15, -0.1) is 0 Å². The Kier molecular flexibility index (Phi) is 5.65. The minimum Gasteiger partial charge on any atom is -0.454 e. The zero-order chi connectivity index (χ0) is 20.3. The largest absolute Gasteiger partial charge is 0.454 e. The van der Waals surface area contributed by atoms with Crippen LogP contribution in [0, 0.1) is 10.1 Å². The van der Waals surface area contributed by atoms with Gasteiger partial charge in [0.05, 0.1) is 4.92 Å². The maximum Gasteiger partial charge on any atom is 0.288 e. The van der Waals surface area contributed by atoms with Gasteiger partial charge >= 0.3 is 0 Å². The summed E-state index contributed by atoms with van der Waals surface area (Å²) in [6.45, 7) is 1.91. The Morgan fingerprint density at radius 3 is 2.71 bits per heavy atom. The van der Waals surface area contributed by atoms with Crippen molar-refractivity contribution in [3.63, 3.8) is 0 Å². The zero-order valence-electron chi connectivity index (χ0n) is 14.7. The number of fused-ring (bicyclic) bond motifs is 1. The van der Waals surface area contributed by atoms with Gasteiger partial charge in [0.1, 0.15) is 11.1 Å². The standard InChI is InChI=1S/C18H16ClN3O6/c1-10(21-18(24)12-3-4-13(19)14(7-12)22(25)26)17(23)20-8-11-2-5-15-16(6-11)28-9-27-15/h2-7,10H,8-9H2,1H3,(H,20,23)(H,21,24)/t10-/m0/s1. The van der Waals surface area contributed by atoms with Crippen LogP contribution in [0.15, 0.2) is 36.4 Å². The summed E-state index contributed by atoms with van der Waals surface area (Å²) >= 11 is 5.73. The molecule has 28 heavy (non-hydrogen) atoms. The lowest BCUT2D eigenvalue weighted by Gasteiger charge is -2.14. The zero-order valence-corrected chi connectivity index (χ0v) is 15.5. The van der Waals surface area contributed by atoms with Gasteiger partial charge in [-0.25, -0.2) is 0 Å². The molecule has 0 saturated carbocycles. The van der Waals surface area contributed by atoms with E-state index in [1.807, 2.05) is 0 Å². The predicted molar refractivity (Wildman–Crippen MR) is 99.4 cm³/mol. The van der Waals surface area contributed by atoms with E-state index < -0.39 is 22.8 Å². The molecule has 1 atom stereocenters. The van der Waals surface area contributed by atoms with E-state index >= 15 is 0 Å². The van der Waals surface area contributed by atoms with Crippen molar-refractivity contribution in [2.24, 2.45) is 0 Å². The summed E-state index contributed by atoms with van der Waals surface area (Å²) in [6, 6.07) is 8.14. The van der Waals surface area contributed by atoms with Crippen molar-refractivity contribution < 1.29 is 24.0 Å². The summed E-state index contributed by atoms with van der Waals surface area (Å²) in [5.41, 5.74) is 0.463. The molecule has 10 heteroatoms. The van der Waals surface area contributed by atoms with Crippen molar-refractivity contribution >= 4 is 29.1 Å². The number of carbonyl (C=O) groups is 2. The van der Waals surface area contributed by atoms with E-state index in [-0.39, 0.29) is 29.6 Å². The normalized spacial score (nSPS) is 12.9. The highest BCUT2D eigenvalue weighted by molar-refractivity contribution is 6.32. The summed E-state index contributed by atoms with van der Waals surface area (Å²) in [4.78, 5) is 34.7. The molecule has 0 bridgehead atoms. The van der Waals surface area contributed by atoms with Crippen molar-refractivity contribution in [2.45, 2.75) is 19.5 Å². The van der Waals surface area contributed by atoms with Crippen molar-refractivity contribution in [3.8, 4) is 11.5 Å². The van der Waals surface area contributed by atoms with Crippen LogP contribution in [0.1, 0.15) is 22.8 Å². The molecule has 0 saturated heterocycles. The number of halogens is 1. The number of ether oxygens (including phenoxy) is 2. The SMILES string of the molecule is C[C@H](NC(=O)c1ccc(Cl)c([N+](=O)[O-])c1)C(=O)NCc1ccc2c(c1)OCO2. The molecule has 2 amide bonds. The molecule has 9 nitrogen and oxygen atoms in total. The molecule has 0 aromatic heterocycles. The second kappa shape index (κ2) is 8.13. The van der Waals surface area contributed by atoms with Gasteiger partial charge in [0.25, 0.3) is 11.6 Å². The van der Waals surface area contributed by atoms with Crippen LogP contribution in [0.3, 0.4) is 0 Å². The van der Waals surface area contributed by atoms with E-state index in [0.29, 0.717) is 11.5 Å². The molecule has 0 spiro atoms. The Bertz CT molecular complexity index is 949. The number of nitrogens with zero attached hydrogens (tertiary/aromatic N) is 1. The first-order valence-electron chi connectivity index (χ1n) is 8.26. The molecule has 1 aliphatic rings. The van der Waals surface area contributed by atoms with E-state index in [0.717, 1.165) is 11.6 Å². The highest BCUT2D eigenvalue weighted by Gasteiger charge is 2.20. The van der Waals surface area contributed by atoms with Crippen LogP contribution < -0.4 is 20.1 Å². The Morgan fingerprint density at radius 2 is 1.96 bits per heavy atom. The number of rotatable bonds is 6. The van der Waals surface area contributed by atoms with Gasteiger partial charge in [0, 0.05) is 18.2 Å². The molecule has 1 heterocycles. The predicted octanol–water partition coefficient (Wildman–Crippen LogP) is 2.41. The molecule has 1 aliphatic heterocycles. The molecular formula is C18H16ClN3O6. The van der Waals surface area contributed by atoms with Crippen molar-refractivity contribution in [2.75, 3.05) is 6.79 Å². The van der Waals surface area contributed by atoms with Gasteiger partial charge in [-0.2, -0.15) is 0 Å². The summed E-state index contributed by atoms with van der Waals surface area (Å²) in [5, 5.41) is 16.1. The van der Waals surface area contributed by atoms with Crippen LogP contribution >= 0.6 is 11.6 Å². The minimum atomic E-state index is -0.851. The summed E-state index contributed by atoms with van der Waals surface area (Å²) in [5.74, 6) is 0.227. The maximum atomic E-state index is 12.3. The van der Waals surface area contributed by atoms with Crippen LogP contribution in [-0.4, -0.2) is 29.6 Å². The van der Waals surface area contributed by atoms with Crippen LogP contribution in [0.2, 0.25) is 5.02 Å². The number of nitro groups is 1. The van der Waals surface area contributed by atoms with Crippen molar-refractivity contribution in [1.29, 1.82) is 0 Å². The van der Waals surface area contributed by atoms with Gasteiger partial charge < -0.3 is 20.1 Å². The van der Waals surface area contributed by atoms with Crippen molar-refractivity contribution in [3.05, 3.63) is 62.7 Å². The third kappa shape index (κ3) is 4.32. The summed E-state index contributed by atoms with van der Waals surface area (Å²) in [6.07, 6.45) is 0. The molecule has 2 N–H and O–H groups in total. The first-order chi connectivity index (χ1) is 13.3. The van der Waals surface area contributed by atoms with Gasteiger partial charge in [0.15, 0.2) is 11.5 Å². The second-order valence-electron chi connectivity index (χ2n) is 6.02. The fourth-order valence-electron chi connectivity index (χ4n) is 2.53. The average Bonchev–Trinajstić information content (AvgIpc) is 3.13. The van der Waals surface area contributed by atoms with Crippen LogP contribution in [0.5, 0.6) is 11.5 Å². The van der Waals surface area contributed by atoms with Crippen LogP contribution in [-0.2, 0) is 11.3 Å². The fraction of sp³-hybridized carbons (Fsp3) is 0.222. The number of carbonyl (C=O) groups excluding carboxylic acids is 2. The van der Waals surface area contributed by atoms with E-state index in [4.69, 9.17) is 21.1 Å². The number of nitrogens with one attached hydrogen (secondary N) is 2. The molecule has 0 radical (unpaired) electrons. The Balaban J connectivity index is 1.57. The van der Waals surface area contributed by atoms with Crippen molar-refractivity contribution in [1.82, 2.24) is 10.6 Å². The number of hydrogen-bond donors (Lipinski definition) is 2. The highest BCUT2D eigenvalue weighted by atomic mass is 35.5. The van der Waals surface area contributed by atoms with Crippen LogP contribution in [0.4, 0.5) is 5.69 Å². The molecule has 0 aliphatic carbocycles. The second-order valence-corrected chi connectivity index (χ2v) is 6.43. The fourth-order valence-corrected chi connectivity index (χ4v) is 2.72. The molecule has 2 aromatic carbocycles. The number of hydrogen-bond acceptors (Lipinski definition) is 6. The lowest BCUT2D eigenvalue weighted by Crippen LogP contribution is -2.44. The molecule has 0 fully saturated rings. The molecule has 146 valence electrons. The summed E-state index contributed by atoms with van der Waals surface area (Å²) < 4.78 is 10.5. The topological polar surface area (TPSA) is 120 Å². The van der Waals surface area contributed by atoms with E-state index in [1.54, 1.807) is 18.2 Å². The van der Waals surface area contributed by atoms with Gasteiger partial charge in [-0.3, -0.25) is 19.7 Å². The molecule has 0 unspecified atom stereocenters. The van der Waals surface area contributed by atoms with E-state index in [1.165, 1.54) is 19.1 Å². The van der Waals surface area contributed by atoms with Gasteiger partial charge in [-0.1, -0.05) is 17.7 Å². The molecule has 3 rings (SSSR count). The number of amides is 2. The first kappa shape index (κ1) is 19.4. The van der Waals surface area contributed by atoms with E-state index in [9.17, 15) is 19.7 Å². The first-order valence-corrected chi connectivity index (χ1v) is 8.64. The maximum absolute atomic E-state index is 12.3. The third-order valence-electron chi connectivity index (χ3n) is 4.05. The molecule has 2 aromatic rings. The number of benzene rings is 2. The smallest absolute Gasteiger partial charge is 0.288 e. The minimum absolute atomic E-state index is 0.0338. The van der Waals surface area contributed by atoms with Gasteiger partial charge in [-0.05, 0) is 36.8 Å². The van der Waals surface area contributed by atoms with E-state index in [2.05, 4.69) is 10.6 Å². The summed E-state index contributed by atoms with van der Waals surface area (Å²) in [7, 11) is 0. The molecular weight excluding hydrogens is 390 g/mol. The Labute approximate surface area is 164 Å². The highest BCUT2D eigenvalue weighted by Crippen LogP contribution is 2.32. The van der Waals surface area contributed by atoms with Crippen LogP contribution in [0.25, 0.3) is 0 Å². The number of nitro benzene ring substituents is 1. The lowest BCUT2D eigenvalue weighted by atomic mass is 10.1. The Morgan fingerprint density at radius 1 is 1.21 bits per heavy atom. The Hall–Kier alpha value is -3.33. The third-order valence-corrected chi connectivity index (χ3v) is 4.37. The quantitative estimate of drug-likeness (QED) is 0.562. The lowest BCUT2D eigenvalue weighted by molar-refractivity contribution is -0.384. The average molecular weight is 406 g/mol. The van der Waals surface area contributed by atoms with Gasteiger partial charge in [0.2, 0.25) is 12.7 Å².